The number of ether oxygens (including phenoxy) is 1. The number of halogens is 1. The first-order chi connectivity index (χ1) is 17.2. The van der Waals surface area contributed by atoms with Gasteiger partial charge in [-0.3, -0.25) is 0 Å². The zero-order valence-corrected chi connectivity index (χ0v) is 21.4. The molecule has 5 rings (SSSR count). The van der Waals surface area contributed by atoms with Gasteiger partial charge in [0, 0.05) is 43.8 Å². The molecule has 0 radical (unpaired) electrons. The summed E-state index contributed by atoms with van der Waals surface area (Å²) in [6, 6.07) is 4.05. The highest BCUT2D eigenvalue weighted by molar-refractivity contribution is 7.90. The molecule has 0 spiro atoms. The Labute approximate surface area is 210 Å². The van der Waals surface area contributed by atoms with Crippen molar-refractivity contribution in [3.63, 3.8) is 0 Å². The molecule has 11 heteroatoms. The molecule has 0 aliphatic carbocycles. The number of piperazine rings is 1. The van der Waals surface area contributed by atoms with Crippen LogP contribution in [0.2, 0.25) is 0 Å². The van der Waals surface area contributed by atoms with E-state index in [1.165, 1.54) is 18.5 Å². The van der Waals surface area contributed by atoms with Gasteiger partial charge in [0.05, 0.1) is 10.5 Å². The highest BCUT2D eigenvalue weighted by atomic mass is 32.2. The van der Waals surface area contributed by atoms with Gasteiger partial charge in [-0.2, -0.15) is 0 Å². The lowest BCUT2D eigenvalue weighted by Gasteiger charge is -2.42. The number of rotatable bonds is 7. The second kappa shape index (κ2) is 9.61. The maximum absolute atomic E-state index is 14.6. The average molecular weight is 513 g/mol. The maximum atomic E-state index is 14.6. The normalized spacial score (nSPS) is 19.6. The molecule has 2 aliphatic rings. The highest BCUT2D eigenvalue weighted by Crippen LogP contribution is 2.38. The molecule has 0 N–H and O–H groups in total. The van der Waals surface area contributed by atoms with Gasteiger partial charge >= 0.3 is 0 Å². The van der Waals surface area contributed by atoms with E-state index in [4.69, 9.17) is 4.74 Å². The van der Waals surface area contributed by atoms with Crippen LogP contribution in [0.15, 0.2) is 41.8 Å². The van der Waals surface area contributed by atoms with Crippen molar-refractivity contribution in [2.24, 2.45) is 0 Å². The topological polar surface area (TPSA) is 101 Å². The van der Waals surface area contributed by atoms with Crippen LogP contribution in [-0.2, 0) is 16.3 Å². The van der Waals surface area contributed by atoms with Crippen molar-refractivity contribution in [1.29, 1.82) is 0 Å². The lowest BCUT2D eigenvalue weighted by Crippen LogP contribution is -2.55. The van der Waals surface area contributed by atoms with Crippen LogP contribution in [-0.4, -0.2) is 59.8 Å². The van der Waals surface area contributed by atoms with E-state index in [0.717, 1.165) is 68.4 Å². The van der Waals surface area contributed by atoms with Crippen molar-refractivity contribution < 1.29 is 17.5 Å². The number of aromatic nitrogens is 4. The van der Waals surface area contributed by atoms with Crippen molar-refractivity contribution in [2.75, 3.05) is 29.1 Å². The minimum Gasteiger partial charge on any atom is -0.435 e. The van der Waals surface area contributed by atoms with Gasteiger partial charge in [0.15, 0.2) is 21.4 Å². The van der Waals surface area contributed by atoms with Crippen LogP contribution in [0.25, 0.3) is 0 Å². The van der Waals surface area contributed by atoms with E-state index in [1.54, 1.807) is 0 Å². The molecule has 1 aromatic carbocycles. The molecular formula is C25H29FN6O3S. The van der Waals surface area contributed by atoms with Gasteiger partial charge in [0.25, 0.3) is 0 Å². The second-order valence-corrected chi connectivity index (χ2v) is 11.4. The third-order valence-corrected chi connectivity index (χ3v) is 7.90. The molecule has 2 aliphatic heterocycles. The number of benzene rings is 1. The first-order valence-corrected chi connectivity index (χ1v) is 14.0. The molecule has 2 bridgehead atoms. The molecular weight excluding hydrogens is 483 g/mol. The molecule has 36 heavy (non-hydrogen) atoms. The first kappa shape index (κ1) is 24.4. The number of hydrogen-bond acceptors (Lipinski definition) is 9. The number of aryl methyl sites for hydroxylation is 1. The molecule has 4 heterocycles. The van der Waals surface area contributed by atoms with Gasteiger partial charge in [0.1, 0.15) is 12.1 Å². The van der Waals surface area contributed by atoms with Gasteiger partial charge < -0.3 is 14.5 Å². The molecule has 0 amide bonds. The molecule has 2 unspecified atom stereocenters. The number of anilines is 2. The zero-order chi connectivity index (χ0) is 25.4. The molecule has 0 saturated carbocycles. The van der Waals surface area contributed by atoms with Crippen molar-refractivity contribution in [3.8, 4) is 11.6 Å². The van der Waals surface area contributed by atoms with Crippen LogP contribution in [0.5, 0.6) is 11.6 Å². The van der Waals surface area contributed by atoms with E-state index in [2.05, 4.69) is 36.7 Å². The molecule has 2 saturated heterocycles. The Kier molecular flexibility index (Phi) is 6.50. The Morgan fingerprint density at radius 3 is 2.39 bits per heavy atom. The number of nitrogens with zero attached hydrogens (tertiary/aromatic N) is 6. The molecule has 2 fully saturated rings. The van der Waals surface area contributed by atoms with Gasteiger partial charge in [0.2, 0.25) is 11.8 Å². The Balaban J connectivity index is 1.35. The fourth-order valence-electron chi connectivity index (χ4n) is 5.03. The summed E-state index contributed by atoms with van der Waals surface area (Å²) in [5, 5.41) is 0. The summed E-state index contributed by atoms with van der Waals surface area (Å²) in [6.07, 6.45) is 10.4. The van der Waals surface area contributed by atoms with Gasteiger partial charge in [-0.15, -0.1) is 0 Å². The summed E-state index contributed by atoms with van der Waals surface area (Å²) in [4.78, 5) is 22.4. The standard InChI is InChI=1S/C25H29FN6O3S/c1-4-5-17-11-27-25(28-12-17)31-13-18-6-7-19(14-31)32(18)23-16(2)24(30-15-29-23)35-22-9-8-20(10-21(22)26)36(3,33)34/h8-12,15,18-19H,4-7,13-14H2,1-3H3. The number of hydrogen-bond donors (Lipinski definition) is 0. The highest BCUT2D eigenvalue weighted by Gasteiger charge is 2.42. The van der Waals surface area contributed by atoms with Crippen LogP contribution in [0, 0.1) is 12.7 Å². The summed E-state index contributed by atoms with van der Waals surface area (Å²) in [5.74, 6) is 0.896. The van der Waals surface area contributed by atoms with E-state index >= 15 is 0 Å². The summed E-state index contributed by atoms with van der Waals surface area (Å²) in [5.41, 5.74) is 1.85. The monoisotopic (exact) mass is 512 g/mol. The predicted molar refractivity (Wildman–Crippen MR) is 134 cm³/mol. The number of sulfone groups is 1. The molecule has 2 atom stereocenters. The van der Waals surface area contributed by atoms with Gasteiger partial charge in [-0.25, -0.2) is 32.7 Å². The van der Waals surface area contributed by atoms with Crippen molar-refractivity contribution in [1.82, 2.24) is 19.9 Å². The molecule has 2 aromatic heterocycles. The quantitative estimate of drug-likeness (QED) is 0.469. The molecule has 3 aromatic rings. The van der Waals surface area contributed by atoms with E-state index in [-0.39, 0.29) is 28.6 Å². The lowest BCUT2D eigenvalue weighted by atomic mass is 10.1. The molecule has 190 valence electrons. The zero-order valence-electron chi connectivity index (χ0n) is 20.6. The summed E-state index contributed by atoms with van der Waals surface area (Å²) < 4.78 is 43.8. The average Bonchev–Trinajstić information content (AvgIpc) is 3.10. The van der Waals surface area contributed by atoms with Crippen molar-refractivity contribution >= 4 is 21.6 Å². The van der Waals surface area contributed by atoms with Crippen LogP contribution >= 0.6 is 0 Å². The van der Waals surface area contributed by atoms with Crippen LogP contribution < -0.4 is 14.5 Å². The van der Waals surface area contributed by atoms with E-state index < -0.39 is 15.7 Å². The Hall–Kier alpha value is -3.34. The Morgan fingerprint density at radius 1 is 1.08 bits per heavy atom. The minimum atomic E-state index is -3.52. The largest absolute Gasteiger partial charge is 0.435 e. The third kappa shape index (κ3) is 4.71. The van der Waals surface area contributed by atoms with Crippen LogP contribution in [0.3, 0.4) is 0 Å². The van der Waals surface area contributed by atoms with Crippen molar-refractivity contribution in [3.05, 3.63) is 53.9 Å². The summed E-state index contributed by atoms with van der Waals surface area (Å²) >= 11 is 0. The van der Waals surface area contributed by atoms with E-state index in [0.29, 0.717) is 5.56 Å². The van der Waals surface area contributed by atoms with Crippen LogP contribution in [0.4, 0.5) is 16.2 Å². The summed E-state index contributed by atoms with van der Waals surface area (Å²) in [6.45, 7) is 5.56. The van der Waals surface area contributed by atoms with Gasteiger partial charge in [-0.05, 0) is 49.9 Å². The lowest BCUT2D eigenvalue weighted by molar-refractivity contribution is 0.421. The van der Waals surface area contributed by atoms with E-state index in [1.807, 2.05) is 19.3 Å². The first-order valence-electron chi connectivity index (χ1n) is 12.1. The fourth-order valence-corrected chi connectivity index (χ4v) is 5.66. The van der Waals surface area contributed by atoms with E-state index in [9.17, 15) is 12.8 Å². The maximum Gasteiger partial charge on any atom is 0.227 e. The number of fused-ring (bicyclic) bond motifs is 2. The van der Waals surface area contributed by atoms with Crippen LogP contribution in [0.1, 0.15) is 37.3 Å². The van der Waals surface area contributed by atoms with Gasteiger partial charge in [-0.1, -0.05) is 13.3 Å². The SMILES string of the molecule is CCCc1cnc(N2CC3CCC(C2)N3c2ncnc(Oc3ccc(S(C)(=O)=O)cc3F)c2C)nc1. The Morgan fingerprint density at radius 2 is 1.78 bits per heavy atom. The summed E-state index contributed by atoms with van der Waals surface area (Å²) in [7, 11) is -3.52. The predicted octanol–water partition coefficient (Wildman–Crippen LogP) is 3.72. The fraction of sp³-hybridized carbons (Fsp3) is 0.440. The smallest absolute Gasteiger partial charge is 0.227 e. The third-order valence-electron chi connectivity index (χ3n) is 6.79. The molecule has 9 nitrogen and oxygen atoms in total. The minimum absolute atomic E-state index is 0.0911. The Bertz CT molecular complexity index is 1350. The second-order valence-electron chi connectivity index (χ2n) is 9.43. The van der Waals surface area contributed by atoms with Crippen molar-refractivity contribution in [2.45, 2.75) is 56.5 Å².